The maximum Gasteiger partial charge on any atom is 0.324 e. The minimum absolute atomic E-state index is 0.0269. The molecular formula is C18H19BrN2O6S. The number of carbonyl (C=O) groups excluding carboxylic acids is 2. The van der Waals surface area contributed by atoms with Gasteiger partial charge in [0.15, 0.2) is 6.61 Å². The number of carbonyl (C=O) groups is 2. The van der Waals surface area contributed by atoms with Gasteiger partial charge in [-0.25, -0.2) is 8.42 Å². The Labute approximate surface area is 171 Å². The van der Waals surface area contributed by atoms with Crippen LogP contribution in [0.1, 0.15) is 6.92 Å². The van der Waals surface area contributed by atoms with Crippen LogP contribution in [0.15, 0.2) is 57.9 Å². The van der Waals surface area contributed by atoms with Gasteiger partial charge in [0.05, 0.1) is 12.0 Å². The highest BCUT2D eigenvalue weighted by atomic mass is 79.9. The molecule has 0 fully saturated rings. The molecule has 150 valence electrons. The minimum Gasteiger partial charge on any atom is -0.497 e. The number of sulfonamides is 1. The summed E-state index contributed by atoms with van der Waals surface area (Å²) in [6.07, 6.45) is 0. The number of halogens is 1. The van der Waals surface area contributed by atoms with Crippen molar-refractivity contribution in [2.75, 3.05) is 19.0 Å². The fraction of sp³-hybridized carbons (Fsp3) is 0.222. The summed E-state index contributed by atoms with van der Waals surface area (Å²) in [4.78, 5) is 23.8. The Morgan fingerprint density at radius 1 is 1.07 bits per heavy atom. The molecule has 2 aromatic carbocycles. The molecule has 0 spiro atoms. The SMILES string of the molecule is COc1ccc(S(=O)(=O)NC(C)C(=O)OCC(=O)Nc2ccc(Br)cc2)cc1. The fourth-order valence-electron chi connectivity index (χ4n) is 2.10. The predicted molar refractivity (Wildman–Crippen MR) is 107 cm³/mol. The maximum atomic E-state index is 12.3. The molecule has 0 aliphatic carbocycles. The van der Waals surface area contributed by atoms with Crippen LogP contribution in [-0.2, 0) is 24.3 Å². The highest BCUT2D eigenvalue weighted by molar-refractivity contribution is 9.10. The van der Waals surface area contributed by atoms with Crippen molar-refractivity contribution >= 4 is 43.5 Å². The van der Waals surface area contributed by atoms with Crippen LogP contribution in [0.3, 0.4) is 0 Å². The van der Waals surface area contributed by atoms with E-state index in [4.69, 9.17) is 9.47 Å². The Morgan fingerprint density at radius 2 is 1.68 bits per heavy atom. The zero-order chi connectivity index (χ0) is 20.7. The van der Waals surface area contributed by atoms with Gasteiger partial charge < -0.3 is 14.8 Å². The first-order chi connectivity index (χ1) is 13.2. The monoisotopic (exact) mass is 470 g/mol. The third-order valence-electron chi connectivity index (χ3n) is 3.53. The zero-order valence-corrected chi connectivity index (χ0v) is 17.5. The molecule has 2 rings (SSSR count). The van der Waals surface area contributed by atoms with Crippen molar-refractivity contribution in [1.29, 1.82) is 0 Å². The molecule has 28 heavy (non-hydrogen) atoms. The van der Waals surface area contributed by atoms with E-state index < -0.39 is 34.5 Å². The molecule has 2 N–H and O–H groups in total. The number of rotatable bonds is 8. The summed E-state index contributed by atoms with van der Waals surface area (Å²) in [6.45, 7) is 0.791. The van der Waals surface area contributed by atoms with Crippen molar-refractivity contribution < 1.29 is 27.5 Å². The van der Waals surface area contributed by atoms with E-state index in [1.807, 2.05) is 0 Å². The summed E-state index contributed by atoms with van der Waals surface area (Å²) in [5.41, 5.74) is 0.539. The number of amides is 1. The number of esters is 1. The summed E-state index contributed by atoms with van der Waals surface area (Å²) in [5.74, 6) is -0.910. The van der Waals surface area contributed by atoms with E-state index in [9.17, 15) is 18.0 Å². The first-order valence-corrected chi connectivity index (χ1v) is 10.4. The van der Waals surface area contributed by atoms with E-state index in [-0.39, 0.29) is 4.90 Å². The Hall–Kier alpha value is -2.43. The molecular weight excluding hydrogens is 452 g/mol. The van der Waals surface area contributed by atoms with E-state index in [2.05, 4.69) is 26.0 Å². The van der Waals surface area contributed by atoms with Gasteiger partial charge in [0.25, 0.3) is 5.91 Å². The Morgan fingerprint density at radius 3 is 2.25 bits per heavy atom. The second kappa shape index (κ2) is 9.67. The molecule has 0 aliphatic heterocycles. The quantitative estimate of drug-likeness (QED) is 0.572. The van der Waals surface area contributed by atoms with Gasteiger partial charge in [0.2, 0.25) is 10.0 Å². The molecule has 0 aromatic heterocycles. The molecule has 1 unspecified atom stereocenters. The van der Waals surface area contributed by atoms with Crippen LogP contribution in [0, 0.1) is 0 Å². The standard InChI is InChI=1S/C18H19BrN2O6S/c1-12(21-28(24,25)16-9-7-15(26-2)8-10-16)18(23)27-11-17(22)20-14-5-3-13(19)4-6-14/h3-10,12,21H,11H2,1-2H3,(H,20,22). The highest BCUT2D eigenvalue weighted by Crippen LogP contribution is 2.16. The van der Waals surface area contributed by atoms with Gasteiger partial charge in [0.1, 0.15) is 11.8 Å². The van der Waals surface area contributed by atoms with Crippen molar-refractivity contribution in [2.24, 2.45) is 0 Å². The molecule has 8 nitrogen and oxygen atoms in total. The summed E-state index contributed by atoms with van der Waals surface area (Å²) < 4.78 is 37.5. The molecule has 10 heteroatoms. The predicted octanol–water partition coefficient (Wildman–Crippen LogP) is 2.31. The first-order valence-electron chi connectivity index (χ1n) is 8.09. The lowest BCUT2D eigenvalue weighted by atomic mass is 10.3. The maximum absolute atomic E-state index is 12.3. The molecule has 1 atom stereocenters. The smallest absolute Gasteiger partial charge is 0.324 e. The van der Waals surface area contributed by atoms with Gasteiger partial charge in [-0.3, -0.25) is 9.59 Å². The van der Waals surface area contributed by atoms with Crippen LogP contribution >= 0.6 is 15.9 Å². The molecule has 2 aromatic rings. The lowest BCUT2D eigenvalue weighted by molar-refractivity contribution is -0.148. The Kier molecular flexibility index (Phi) is 7.55. The summed E-state index contributed by atoms with van der Waals surface area (Å²) >= 11 is 3.28. The lowest BCUT2D eigenvalue weighted by Gasteiger charge is -2.14. The molecule has 1 amide bonds. The molecule has 0 radical (unpaired) electrons. The first kappa shape index (κ1) is 21.9. The van der Waals surface area contributed by atoms with Gasteiger partial charge in [-0.05, 0) is 55.5 Å². The summed E-state index contributed by atoms with van der Waals surface area (Å²) in [5, 5.41) is 2.56. The van der Waals surface area contributed by atoms with Gasteiger partial charge in [-0.15, -0.1) is 0 Å². The third kappa shape index (κ3) is 6.32. The van der Waals surface area contributed by atoms with Gasteiger partial charge in [0, 0.05) is 10.2 Å². The van der Waals surface area contributed by atoms with Crippen molar-refractivity contribution in [2.45, 2.75) is 17.9 Å². The molecule has 0 saturated carbocycles. The number of nitrogens with one attached hydrogen (secondary N) is 2. The van der Waals surface area contributed by atoms with Crippen LogP contribution in [0.25, 0.3) is 0 Å². The van der Waals surface area contributed by atoms with Gasteiger partial charge >= 0.3 is 5.97 Å². The number of anilines is 1. The van der Waals surface area contributed by atoms with Crippen molar-refractivity contribution in [3.63, 3.8) is 0 Å². The third-order valence-corrected chi connectivity index (χ3v) is 5.61. The molecule has 0 bridgehead atoms. The van der Waals surface area contributed by atoms with E-state index in [1.54, 1.807) is 24.3 Å². The summed E-state index contributed by atoms with van der Waals surface area (Å²) in [6, 6.07) is 11.4. The Bertz CT molecular complexity index is 930. The van der Waals surface area contributed by atoms with Crippen LogP contribution in [0.2, 0.25) is 0 Å². The van der Waals surface area contributed by atoms with Crippen LogP contribution in [0.4, 0.5) is 5.69 Å². The molecule has 0 saturated heterocycles. The van der Waals surface area contributed by atoms with E-state index in [0.717, 1.165) is 4.47 Å². The van der Waals surface area contributed by atoms with E-state index in [0.29, 0.717) is 11.4 Å². The normalized spacial score (nSPS) is 12.1. The number of ether oxygens (including phenoxy) is 2. The van der Waals surface area contributed by atoms with Gasteiger partial charge in [-0.1, -0.05) is 15.9 Å². The highest BCUT2D eigenvalue weighted by Gasteiger charge is 2.23. The van der Waals surface area contributed by atoms with Crippen LogP contribution < -0.4 is 14.8 Å². The second-order valence-corrected chi connectivity index (χ2v) is 8.31. The van der Waals surface area contributed by atoms with Crippen LogP contribution in [-0.4, -0.2) is 40.1 Å². The average Bonchev–Trinajstić information content (AvgIpc) is 2.67. The van der Waals surface area contributed by atoms with Crippen molar-refractivity contribution in [3.8, 4) is 5.75 Å². The van der Waals surface area contributed by atoms with E-state index >= 15 is 0 Å². The van der Waals surface area contributed by atoms with E-state index in [1.165, 1.54) is 38.3 Å². The molecule has 0 heterocycles. The topological polar surface area (TPSA) is 111 Å². The fourth-order valence-corrected chi connectivity index (χ4v) is 3.55. The van der Waals surface area contributed by atoms with Crippen molar-refractivity contribution in [3.05, 3.63) is 53.0 Å². The second-order valence-electron chi connectivity index (χ2n) is 5.68. The molecule has 0 aliphatic rings. The average molecular weight is 471 g/mol. The largest absolute Gasteiger partial charge is 0.497 e. The lowest BCUT2D eigenvalue weighted by Crippen LogP contribution is -2.40. The Balaban J connectivity index is 1.87. The number of hydrogen-bond acceptors (Lipinski definition) is 6. The van der Waals surface area contributed by atoms with Crippen molar-refractivity contribution in [1.82, 2.24) is 4.72 Å². The van der Waals surface area contributed by atoms with Gasteiger partial charge in [-0.2, -0.15) is 4.72 Å². The zero-order valence-electron chi connectivity index (χ0n) is 15.1. The number of hydrogen-bond donors (Lipinski definition) is 2. The summed E-state index contributed by atoms with van der Waals surface area (Å²) in [7, 11) is -2.47. The minimum atomic E-state index is -3.93. The number of methoxy groups -OCH3 is 1. The number of benzene rings is 2. The van der Waals surface area contributed by atoms with Crippen LogP contribution in [0.5, 0.6) is 5.75 Å².